The molecule has 2 saturated heterocycles. The second-order valence-corrected chi connectivity index (χ2v) is 8.31. The quantitative estimate of drug-likeness (QED) is 0.256. The third-order valence-electron chi connectivity index (χ3n) is 5.77. The summed E-state index contributed by atoms with van der Waals surface area (Å²) in [7, 11) is 5.20. The predicted molar refractivity (Wildman–Crippen MR) is 136 cm³/mol. The van der Waals surface area contributed by atoms with Gasteiger partial charge in [0.1, 0.15) is 6.54 Å². The van der Waals surface area contributed by atoms with Gasteiger partial charge in [-0.3, -0.25) is 4.79 Å². The summed E-state index contributed by atoms with van der Waals surface area (Å²) in [6.45, 7) is 7.36. The molecule has 0 spiro atoms. The number of likely N-dealkylation sites (tertiary alicyclic amines) is 2. The van der Waals surface area contributed by atoms with E-state index in [9.17, 15) is 9.59 Å². The minimum absolute atomic E-state index is 0. The molecule has 2 rings (SSSR count). The molecule has 11 heteroatoms. The van der Waals surface area contributed by atoms with Gasteiger partial charge < -0.3 is 34.8 Å². The Morgan fingerprint density at radius 2 is 1.59 bits per heavy atom. The Labute approximate surface area is 209 Å². The van der Waals surface area contributed by atoms with Gasteiger partial charge in [-0.05, 0) is 32.6 Å². The van der Waals surface area contributed by atoms with E-state index in [-0.39, 0.29) is 48.6 Å². The SMILES string of the molecule is CCOC(=O)N1CCC(NC(=NCC(=O)N(C)C)NC2CCN(CCOC)CC2)CC1.I. The number of ether oxygens (including phenoxy) is 2. The molecule has 186 valence electrons. The molecule has 0 bridgehead atoms. The molecule has 2 aliphatic rings. The fourth-order valence-corrected chi connectivity index (χ4v) is 3.75. The van der Waals surface area contributed by atoms with Gasteiger partial charge in [0.25, 0.3) is 0 Å². The van der Waals surface area contributed by atoms with Crippen molar-refractivity contribution in [2.24, 2.45) is 4.99 Å². The molecule has 0 aliphatic carbocycles. The van der Waals surface area contributed by atoms with Crippen molar-refractivity contribution in [2.45, 2.75) is 44.7 Å². The molecule has 10 nitrogen and oxygen atoms in total. The van der Waals surface area contributed by atoms with E-state index in [2.05, 4.69) is 20.5 Å². The number of likely N-dealkylation sites (N-methyl/N-ethyl adjacent to an activating group) is 1. The van der Waals surface area contributed by atoms with Gasteiger partial charge in [-0.2, -0.15) is 0 Å². The molecular formula is C21H41IN6O4. The average Bonchev–Trinajstić information content (AvgIpc) is 2.77. The number of carbonyl (C=O) groups is 2. The van der Waals surface area contributed by atoms with Crippen molar-refractivity contribution in [3.8, 4) is 0 Å². The Kier molecular flexibility index (Phi) is 13.9. The third-order valence-corrected chi connectivity index (χ3v) is 5.77. The van der Waals surface area contributed by atoms with E-state index in [4.69, 9.17) is 9.47 Å². The zero-order valence-corrected chi connectivity index (χ0v) is 22.3. The molecule has 32 heavy (non-hydrogen) atoms. The molecule has 2 N–H and O–H groups in total. The summed E-state index contributed by atoms with van der Waals surface area (Å²) in [5, 5.41) is 7.02. The number of guanidine groups is 1. The second-order valence-electron chi connectivity index (χ2n) is 8.31. The number of piperidine rings is 2. The number of methoxy groups -OCH3 is 1. The standard InChI is InChI=1S/C21H40N6O4.HI/c1-5-31-21(29)27-12-8-18(9-13-27)24-20(22-16-19(28)25(2)3)23-17-6-10-26(11-7-17)14-15-30-4;/h17-18H,5-16H2,1-4H3,(H2,22,23,24);1H. The lowest BCUT2D eigenvalue weighted by Crippen LogP contribution is -2.53. The highest BCUT2D eigenvalue weighted by Gasteiger charge is 2.25. The highest BCUT2D eigenvalue weighted by atomic mass is 127. The number of nitrogens with one attached hydrogen (secondary N) is 2. The van der Waals surface area contributed by atoms with Crippen LogP contribution in [-0.2, 0) is 14.3 Å². The van der Waals surface area contributed by atoms with Crippen molar-refractivity contribution in [1.82, 2.24) is 25.3 Å². The zero-order chi connectivity index (χ0) is 22.6. The van der Waals surface area contributed by atoms with E-state index in [0.717, 1.165) is 51.9 Å². The van der Waals surface area contributed by atoms with Crippen LogP contribution in [0.3, 0.4) is 0 Å². The monoisotopic (exact) mass is 568 g/mol. The first kappa shape index (κ1) is 28.7. The highest BCUT2D eigenvalue weighted by molar-refractivity contribution is 14.0. The van der Waals surface area contributed by atoms with Crippen LogP contribution in [0.25, 0.3) is 0 Å². The number of hydrogen-bond acceptors (Lipinski definition) is 6. The maximum atomic E-state index is 12.0. The number of carbonyl (C=O) groups excluding carboxylic acids is 2. The van der Waals surface area contributed by atoms with Crippen LogP contribution in [0, 0.1) is 0 Å². The Morgan fingerprint density at radius 1 is 1.03 bits per heavy atom. The Balaban J connectivity index is 0.00000512. The summed E-state index contributed by atoms with van der Waals surface area (Å²) in [6, 6.07) is 0.521. The van der Waals surface area contributed by atoms with E-state index in [0.29, 0.717) is 31.7 Å². The van der Waals surface area contributed by atoms with Crippen LogP contribution < -0.4 is 10.6 Å². The van der Waals surface area contributed by atoms with Gasteiger partial charge in [0.2, 0.25) is 5.91 Å². The molecule has 0 saturated carbocycles. The second kappa shape index (κ2) is 15.5. The van der Waals surface area contributed by atoms with Gasteiger partial charge in [0, 0.05) is 66.0 Å². The predicted octanol–water partition coefficient (Wildman–Crippen LogP) is 0.960. The normalized spacial score (nSPS) is 18.6. The summed E-state index contributed by atoms with van der Waals surface area (Å²) in [6.07, 6.45) is 3.43. The number of amides is 2. The topological polar surface area (TPSA) is 98.7 Å². The molecule has 0 unspecified atom stereocenters. The number of rotatable bonds is 8. The molecule has 0 aromatic heterocycles. The lowest BCUT2D eigenvalue weighted by atomic mass is 10.0. The lowest BCUT2D eigenvalue weighted by molar-refractivity contribution is -0.127. The van der Waals surface area contributed by atoms with Gasteiger partial charge in [-0.15, -0.1) is 24.0 Å². The highest BCUT2D eigenvalue weighted by Crippen LogP contribution is 2.13. The summed E-state index contributed by atoms with van der Waals surface area (Å²) < 4.78 is 10.3. The van der Waals surface area contributed by atoms with Crippen molar-refractivity contribution in [3.05, 3.63) is 0 Å². The van der Waals surface area contributed by atoms with Crippen LogP contribution in [0.5, 0.6) is 0 Å². The number of halogens is 1. The molecule has 0 aromatic carbocycles. The van der Waals surface area contributed by atoms with Crippen LogP contribution in [0.1, 0.15) is 32.6 Å². The largest absolute Gasteiger partial charge is 0.450 e. The number of aliphatic imine (C=N–C) groups is 1. The van der Waals surface area contributed by atoms with Gasteiger partial charge in [-0.1, -0.05) is 0 Å². The molecule has 0 atom stereocenters. The molecule has 0 aromatic rings. The molecule has 2 amide bonds. The maximum absolute atomic E-state index is 12.0. The van der Waals surface area contributed by atoms with Crippen molar-refractivity contribution in [3.63, 3.8) is 0 Å². The summed E-state index contributed by atoms with van der Waals surface area (Å²) in [4.78, 5) is 34.2. The first-order chi connectivity index (χ1) is 14.9. The van der Waals surface area contributed by atoms with Crippen LogP contribution in [0.15, 0.2) is 4.99 Å². The smallest absolute Gasteiger partial charge is 0.409 e. The summed E-state index contributed by atoms with van der Waals surface area (Å²) in [5.41, 5.74) is 0. The van der Waals surface area contributed by atoms with Gasteiger partial charge >= 0.3 is 6.09 Å². The summed E-state index contributed by atoms with van der Waals surface area (Å²) >= 11 is 0. The van der Waals surface area contributed by atoms with Crippen molar-refractivity contribution in [1.29, 1.82) is 0 Å². The van der Waals surface area contributed by atoms with Crippen molar-refractivity contribution < 1.29 is 19.1 Å². The first-order valence-corrected chi connectivity index (χ1v) is 11.3. The van der Waals surface area contributed by atoms with Gasteiger partial charge in [0.15, 0.2) is 5.96 Å². The number of hydrogen-bond donors (Lipinski definition) is 2. The maximum Gasteiger partial charge on any atom is 0.409 e. The fraction of sp³-hybridized carbons (Fsp3) is 0.857. The summed E-state index contributed by atoms with van der Waals surface area (Å²) in [5.74, 6) is 0.646. The van der Waals surface area contributed by atoms with Crippen LogP contribution in [0.2, 0.25) is 0 Å². The molecule has 0 radical (unpaired) electrons. The Morgan fingerprint density at radius 3 is 2.09 bits per heavy atom. The van der Waals surface area contributed by atoms with Crippen LogP contribution >= 0.6 is 24.0 Å². The molecular weight excluding hydrogens is 527 g/mol. The van der Waals surface area contributed by atoms with E-state index < -0.39 is 0 Å². The Bertz CT molecular complexity index is 591. The molecule has 2 aliphatic heterocycles. The van der Waals surface area contributed by atoms with Crippen molar-refractivity contribution in [2.75, 3.05) is 73.7 Å². The van der Waals surface area contributed by atoms with Gasteiger partial charge in [0.05, 0.1) is 13.2 Å². The minimum atomic E-state index is -0.246. The lowest BCUT2D eigenvalue weighted by Gasteiger charge is -2.35. The van der Waals surface area contributed by atoms with E-state index in [1.165, 1.54) is 0 Å². The third kappa shape index (κ3) is 10.1. The molecule has 2 fully saturated rings. The van der Waals surface area contributed by atoms with Crippen LogP contribution in [0.4, 0.5) is 4.79 Å². The molecule has 2 heterocycles. The van der Waals surface area contributed by atoms with Crippen molar-refractivity contribution >= 4 is 41.9 Å². The van der Waals surface area contributed by atoms with E-state index in [1.807, 2.05) is 6.92 Å². The van der Waals surface area contributed by atoms with Gasteiger partial charge in [-0.25, -0.2) is 9.79 Å². The van der Waals surface area contributed by atoms with E-state index >= 15 is 0 Å². The average molecular weight is 569 g/mol. The number of nitrogens with zero attached hydrogens (tertiary/aromatic N) is 4. The Hall–Kier alpha value is -1.34. The van der Waals surface area contributed by atoms with Crippen LogP contribution in [-0.4, -0.2) is 118 Å². The van der Waals surface area contributed by atoms with E-state index in [1.54, 1.807) is 31.0 Å². The zero-order valence-electron chi connectivity index (χ0n) is 20.0. The first-order valence-electron chi connectivity index (χ1n) is 11.3. The fourth-order valence-electron chi connectivity index (χ4n) is 3.75. The minimum Gasteiger partial charge on any atom is -0.450 e.